The van der Waals surface area contributed by atoms with Gasteiger partial charge in [0, 0.05) is 38.1 Å². The summed E-state index contributed by atoms with van der Waals surface area (Å²) >= 11 is 0. The van der Waals surface area contributed by atoms with E-state index in [0.717, 1.165) is 64.7 Å². The molecule has 4 nitrogen and oxygen atoms in total. The van der Waals surface area contributed by atoms with Gasteiger partial charge in [0.05, 0.1) is 0 Å². The maximum atomic E-state index is 13.8. The first kappa shape index (κ1) is 18.7. The molecule has 0 spiro atoms. The Morgan fingerprint density at radius 1 is 0.926 bits per heavy atom. The van der Waals surface area contributed by atoms with E-state index in [1.807, 2.05) is 6.07 Å². The summed E-state index contributed by atoms with van der Waals surface area (Å²) in [5.74, 6) is 0.796. The zero-order valence-corrected chi connectivity index (χ0v) is 16.1. The number of amides is 1. The molecule has 3 fully saturated rings. The van der Waals surface area contributed by atoms with E-state index in [0.29, 0.717) is 23.6 Å². The molecule has 5 heteroatoms. The first-order valence-corrected chi connectivity index (χ1v) is 10.6. The molecule has 1 aromatic rings. The summed E-state index contributed by atoms with van der Waals surface area (Å²) in [6, 6.07) is 7.24. The molecule has 2 saturated heterocycles. The van der Waals surface area contributed by atoms with Gasteiger partial charge in [-0.15, -0.1) is 0 Å². The van der Waals surface area contributed by atoms with Crippen LogP contribution in [0.25, 0.3) is 0 Å². The molecule has 2 heterocycles. The van der Waals surface area contributed by atoms with Crippen molar-refractivity contribution < 1.29 is 13.9 Å². The van der Waals surface area contributed by atoms with Gasteiger partial charge in [0.15, 0.2) is 11.6 Å². The SMILES string of the molecule is O=C(C1CCCC1)N1CCC(N2CCC(Oc3ccccc3F)CC2)CC1. The lowest BCUT2D eigenvalue weighted by molar-refractivity contribution is -0.137. The smallest absolute Gasteiger partial charge is 0.225 e. The van der Waals surface area contributed by atoms with E-state index >= 15 is 0 Å². The number of benzene rings is 1. The lowest BCUT2D eigenvalue weighted by Gasteiger charge is -2.42. The van der Waals surface area contributed by atoms with Gasteiger partial charge in [-0.3, -0.25) is 9.69 Å². The fourth-order valence-corrected chi connectivity index (χ4v) is 4.96. The molecular weight excluding hydrogens is 343 g/mol. The van der Waals surface area contributed by atoms with E-state index < -0.39 is 0 Å². The summed E-state index contributed by atoms with van der Waals surface area (Å²) in [6.07, 6.45) is 8.76. The number of hydrogen-bond acceptors (Lipinski definition) is 3. The topological polar surface area (TPSA) is 32.8 Å². The lowest BCUT2D eigenvalue weighted by Crippen LogP contribution is -2.50. The fraction of sp³-hybridized carbons (Fsp3) is 0.682. The van der Waals surface area contributed by atoms with Crippen molar-refractivity contribution >= 4 is 5.91 Å². The number of rotatable bonds is 4. The Kier molecular flexibility index (Phi) is 5.96. The van der Waals surface area contributed by atoms with E-state index in [4.69, 9.17) is 4.74 Å². The molecule has 2 aliphatic heterocycles. The van der Waals surface area contributed by atoms with Crippen LogP contribution in [0.3, 0.4) is 0 Å². The number of para-hydroxylation sites is 1. The van der Waals surface area contributed by atoms with Crippen molar-refractivity contribution in [2.24, 2.45) is 5.92 Å². The van der Waals surface area contributed by atoms with Crippen LogP contribution in [-0.4, -0.2) is 54.0 Å². The molecule has 0 aromatic heterocycles. The predicted octanol–water partition coefficient (Wildman–Crippen LogP) is 3.85. The average Bonchev–Trinajstić information content (AvgIpc) is 3.25. The summed E-state index contributed by atoms with van der Waals surface area (Å²) in [5.41, 5.74) is 0. The van der Waals surface area contributed by atoms with E-state index in [-0.39, 0.29) is 11.9 Å². The quantitative estimate of drug-likeness (QED) is 0.803. The standard InChI is InChI=1S/C22H31FN2O2/c23-20-7-3-4-8-21(20)27-19-11-15-24(16-12-19)18-9-13-25(14-10-18)22(26)17-5-1-2-6-17/h3-4,7-8,17-19H,1-2,5-6,9-16H2. The Bertz CT molecular complexity index is 631. The zero-order chi connectivity index (χ0) is 18.6. The Labute approximate surface area is 161 Å². The largest absolute Gasteiger partial charge is 0.487 e. The number of hydrogen-bond donors (Lipinski definition) is 0. The van der Waals surface area contributed by atoms with Crippen LogP contribution in [-0.2, 0) is 4.79 Å². The summed E-state index contributed by atoms with van der Waals surface area (Å²) < 4.78 is 19.6. The summed E-state index contributed by atoms with van der Waals surface area (Å²) in [5, 5.41) is 0. The number of ether oxygens (including phenoxy) is 1. The minimum Gasteiger partial charge on any atom is -0.487 e. The average molecular weight is 375 g/mol. The van der Waals surface area contributed by atoms with E-state index in [1.54, 1.807) is 12.1 Å². The van der Waals surface area contributed by atoms with Crippen molar-refractivity contribution in [3.8, 4) is 5.75 Å². The Morgan fingerprint density at radius 3 is 2.26 bits per heavy atom. The fourth-order valence-electron chi connectivity index (χ4n) is 4.96. The molecule has 1 aliphatic carbocycles. The maximum absolute atomic E-state index is 13.8. The van der Waals surface area contributed by atoms with Crippen molar-refractivity contribution in [2.75, 3.05) is 26.2 Å². The Balaban J connectivity index is 1.21. The predicted molar refractivity (Wildman–Crippen MR) is 103 cm³/mol. The van der Waals surface area contributed by atoms with Crippen LogP contribution in [0.1, 0.15) is 51.4 Å². The summed E-state index contributed by atoms with van der Waals surface area (Å²) in [6.45, 7) is 3.82. The molecule has 1 saturated carbocycles. The van der Waals surface area contributed by atoms with Crippen LogP contribution in [0.2, 0.25) is 0 Å². The highest BCUT2D eigenvalue weighted by atomic mass is 19.1. The molecule has 1 amide bonds. The van der Waals surface area contributed by atoms with Gasteiger partial charge >= 0.3 is 0 Å². The molecule has 0 N–H and O–H groups in total. The van der Waals surface area contributed by atoms with Gasteiger partial charge in [0.1, 0.15) is 6.10 Å². The molecule has 1 aromatic carbocycles. The van der Waals surface area contributed by atoms with Crippen molar-refractivity contribution in [1.29, 1.82) is 0 Å². The molecule has 27 heavy (non-hydrogen) atoms. The third-order valence-corrected chi connectivity index (χ3v) is 6.60. The van der Waals surface area contributed by atoms with Crippen molar-refractivity contribution in [3.63, 3.8) is 0 Å². The first-order valence-electron chi connectivity index (χ1n) is 10.6. The van der Waals surface area contributed by atoms with Crippen LogP contribution in [0.4, 0.5) is 4.39 Å². The second kappa shape index (κ2) is 8.59. The van der Waals surface area contributed by atoms with Gasteiger partial charge in [-0.25, -0.2) is 4.39 Å². The van der Waals surface area contributed by atoms with Gasteiger partial charge < -0.3 is 9.64 Å². The molecular formula is C22H31FN2O2. The minimum atomic E-state index is -0.278. The highest BCUT2D eigenvalue weighted by molar-refractivity contribution is 5.79. The molecule has 0 radical (unpaired) electrons. The maximum Gasteiger partial charge on any atom is 0.225 e. The van der Waals surface area contributed by atoms with Gasteiger partial charge in [-0.2, -0.15) is 0 Å². The van der Waals surface area contributed by atoms with Gasteiger partial charge in [0.25, 0.3) is 0 Å². The van der Waals surface area contributed by atoms with Gasteiger partial charge in [-0.1, -0.05) is 25.0 Å². The number of carbonyl (C=O) groups excluding carboxylic acids is 1. The highest BCUT2D eigenvalue weighted by Crippen LogP contribution is 2.29. The van der Waals surface area contributed by atoms with Crippen molar-refractivity contribution in [2.45, 2.75) is 63.5 Å². The summed E-state index contributed by atoms with van der Waals surface area (Å²) in [7, 11) is 0. The number of halogens is 1. The lowest BCUT2D eigenvalue weighted by atomic mass is 9.97. The molecule has 148 valence electrons. The molecule has 3 aliphatic rings. The number of piperidine rings is 2. The molecule has 4 rings (SSSR count). The number of likely N-dealkylation sites (tertiary alicyclic amines) is 2. The molecule has 0 atom stereocenters. The normalized spacial score (nSPS) is 23.7. The third-order valence-electron chi connectivity index (χ3n) is 6.60. The first-order chi connectivity index (χ1) is 13.2. The molecule has 0 bridgehead atoms. The Morgan fingerprint density at radius 2 is 1.59 bits per heavy atom. The number of carbonyl (C=O) groups is 1. The highest BCUT2D eigenvalue weighted by Gasteiger charge is 2.33. The van der Waals surface area contributed by atoms with E-state index in [1.165, 1.54) is 18.9 Å². The van der Waals surface area contributed by atoms with Crippen molar-refractivity contribution in [1.82, 2.24) is 9.80 Å². The molecule has 0 unspecified atom stereocenters. The second-order valence-electron chi connectivity index (χ2n) is 8.32. The van der Waals surface area contributed by atoms with Crippen LogP contribution in [0.15, 0.2) is 24.3 Å². The Hall–Kier alpha value is -1.62. The van der Waals surface area contributed by atoms with E-state index in [9.17, 15) is 9.18 Å². The van der Waals surface area contributed by atoms with Gasteiger partial charge in [0.2, 0.25) is 5.91 Å². The third kappa shape index (κ3) is 4.45. The number of nitrogens with zero attached hydrogens (tertiary/aromatic N) is 2. The minimum absolute atomic E-state index is 0.0992. The van der Waals surface area contributed by atoms with Crippen LogP contribution in [0.5, 0.6) is 5.75 Å². The van der Waals surface area contributed by atoms with Crippen LogP contribution in [0, 0.1) is 11.7 Å². The van der Waals surface area contributed by atoms with Crippen molar-refractivity contribution in [3.05, 3.63) is 30.1 Å². The van der Waals surface area contributed by atoms with E-state index in [2.05, 4.69) is 9.80 Å². The summed E-state index contributed by atoms with van der Waals surface area (Å²) in [4.78, 5) is 17.3. The monoisotopic (exact) mass is 374 g/mol. The second-order valence-corrected chi connectivity index (χ2v) is 8.32. The van der Waals surface area contributed by atoms with Crippen LogP contribution >= 0.6 is 0 Å². The zero-order valence-electron chi connectivity index (χ0n) is 16.1. The van der Waals surface area contributed by atoms with Gasteiger partial charge in [-0.05, 0) is 50.7 Å². The van der Waals surface area contributed by atoms with Crippen LogP contribution < -0.4 is 4.74 Å².